The fourth-order valence-electron chi connectivity index (χ4n) is 3.18. The van der Waals surface area contributed by atoms with E-state index >= 15 is 0 Å². The number of aromatic nitrogens is 2. The Labute approximate surface area is 171 Å². The van der Waals surface area contributed by atoms with Gasteiger partial charge in [-0.25, -0.2) is 4.68 Å². The molecule has 5 heteroatoms. The second-order valence-electron chi connectivity index (χ2n) is 6.54. The first kappa shape index (κ1) is 17.4. The third-order valence-corrected chi connectivity index (χ3v) is 5.48. The molecule has 0 saturated heterocycles. The van der Waals surface area contributed by atoms with Crippen molar-refractivity contribution in [2.24, 2.45) is 0 Å². The maximum Gasteiger partial charge on any atom is 0.195 e. The molecule has 0 atom stereocenters. The number of para-hydroxylation sites is 2. The number of thiophene rings is 1. The van der Waals surface area contributed by atoms with Crippen molar-refractivity contribution in [1.82, 2.24) is 9.78 Å². The minimum Gasteiger partial charge on any atom is -0.454 e. The Kier molecular flexibility index (Phi) is 4.42. The Morgan fingerprint density at radius 1 is 1.00 bits per heavy atom. The number of benzene rings is 2. The molecule has 29 heavy (non-hydrogen) atoms. The maximum atomic E-state index is 12.4. The van der Waals surface area contributed by atoms with Crippen LogP contribution in [0.2, 0.25) is 0 Å². The van der Waals surface area contributed by atoms with Crippen LogP contribution < -0.4 is 0 Å². The third-order valence-electron chi connectivity index (χ3n) is 4.60. The van der Waals surface area contributed by atoms with Gasteiger partial charge in [-0.2, -0.15) is 5.10 Å². The molecular weight excluding hydrogens is 380 g/mol. The van der Waals surface area contributed by atoms with Crippen LogP contribution in [0.3, 0.4) is 0 Å². The molecule has 0 aliphatic carbocycles. The number of rotatable bonds is 5. The number of fused-ring (bicyclic) bond motifs is 1. The fourth-order valence-corrected chi connectivity index (χ4v) is 3.82. The Morgan fingerprint density at radius 3 is 2.62 bits per heavy atom. The topological polar surface area (TPSA) is 48.0 Å². The zero-order chi connectivity index (χ0) is 19.6. The highest BCUT2D eigenvalue weighted by Gasteiger charge is 2.15. The van der Waals surface area contributed by atoms with Crippen molar-refractivity contribution in [2.45, 2.75) is 0 Å². The van der Waals surface area contributed by atoms with E-state index in [2.05, 4.69) is 0 Å². The normalized spacial score (nSPS) is 11.4. The molecule has 0 aliphatic heterocycles. The van der Waals surface area contributed by atoms with E-state index in [-0.39, 0.29) is 5.78 Å². The van der Waals surface area contributed by atoms with Crippen LogP contribution in [0.4, 0.5) is 0 Å². The van der Waals surface area contributed by atoms with Crippen molar-refractivity contribution in [2.75, 3.05) is 0 Å². The largest absolute Gasteiger partial charge is 0.454 e. The molecule has 5 aromatic rings. The number of furan rings is 1. The van der Waals surface area contributed by atoms with Crippen molar-refractivity contribution in [3.63, 3.8) is 0 Å². The van der Waals surface area contributed by atoms with Gasteiger partial charge in [0.25, 0.3) is 0 Å². The number of allylic oxidation sites excluding steroid dienone is 1. The first-order valence-electron chi connectivity index (χ1n) is 9.18. The highest BCUT2D eigenvalue weighted by molar-refractivity contribution is 7.12. The molecule has 0 bridgehead atoms. The maximum absolute atomic E-state index is 12.4. The summed E-state index contributed by atoms with van der Waals surface area (Å²) >= 11 is 1.43. The van der Waals surface area contributed by atoms with Crippen LogP contribution in [0.25, 0.3) is 34.2 Å². The predicted molar refractivity (Wildman–Crippen MR) is 116 cm³/mol. The summed E-state index contributed by atoms with van der Waals surface area (Å²) in [5.41, 5.74) is 3.26. The van der Waals surface area contributed by atoms with Gasteiger partial charge in [-0.15, -0.1) is 11.3 Å². The molecule has 2 aromatic carbocycles. The van der Waals surface area contributed by atoms with Crippen molar-refractivity contribution >= 4 is 34.2 Å². The Bertz CT molecular complexity index is 1280. The lowest BCUT2D eigenvalue weighted by Crippen LogP contribution is -1.93. The second-order valence-corrected chi connectivity index (χ2v) is 7.48. The minimum atomic E-state index is -0.0250. The minimum absolute atomic E-state index is 0.0250. The highest BCUT2D eigenvalue weighted by atomic mass is 32.1. The molecule has 3 heterocycles. The number of hydrogen-bond acceptors (Lipinski definition) is 4. The van der Waals surface area contributed by atoms with Crippen LogP contribution >= 0.6 is 11.3 Å². The third kappa shape index (κ3) is 3.44. The smallest absolute Gasteiger partial charge is 0.195 e. The SMILES string of the molecule is O=C(/C=C\c1cn(-c2ccccc2)nc1-c1cc2ccccc2o1)c1cccs1. The summed E-state index contributed by atoms with van der Waals surface area (Å²) in [7, 11) is 0. The van der Waals surface area contributed by atoms with Crippen molar-refractivity contribution in [1.29, 1.82) is 0 Å². The molecule has 0 unspecified atom stereocenters. The van der Waals surface area contributed by atoms with Gasteiger partial charge in [0, 0.05) is 17.1 Å². The quantitative estimate of drug-likeness (QED) is 0.261. The summed E-state index contributed by atoms with van der Waals surface area (Å²) in [4.78, 5) is 13.1. The van der Waals surface area contributed by atoms with Gasteiger partial charge < -0.3 is 4.42 Å². The summed E-state index contributed by atoms with van der Waals surface area (Å²) in [6.45, 7) is 0. The Morgan fingerprint density at radius 2 is 1.83 bits per heavy atom. The average Bonchev–Trinajstić information content (AvgIpc) is 3.51. The molecule has 3 aromatic heterocycles. The van der Waals surface area contributed by atoms with Gasteiger partial charge in [-0.05, 0) is 47.9 Å². The summed E-state index contributed by atoms with van der Waals surface area (Å²) in [6, 6.07) is 23.4. The van der Waals surface area contributed by atoms with Crippen molar-refractivity contribution in [3.05, 3.63) is 101 Å². The van der Waals surface area contributed by atoms with Crippen LogP contribution in [0, 0.1) is 0 Å². The Hall–Kier alpha value is -3.70. The molecule has 0 radical (unpaired) electrons. The van der Waals surface area contributed by atoms with E-state index in [1.165, 1.54) is 11.3 Å². The van der Waals surface area contributed by atoms with Gasteiger partial charge in [-0.1, -0.05) is 42.5 Å². The van der Waals surface area contributed by atoms with E-state index in [4.69, 9.17) is 9.52 Å². The highest BCUT2D eigenvalue weighted by Crippen LogP contribution is 2.30. The zero-order valence-corrected chi connectivity index (χ0v) is 16.2. The van der Waals surface area contributed by atoms with Crippen LogP contribution in [0.1, 0.15) is 15.2 Å². The molecule has 5 rings (SSSR count). The second kappa shape index (κ2) is 7.37. The standard InChI is InChI=1S/C24H16N2O2S/c27-20(23-11-6-14-29-23)13-12-18-16-26(19-8-2-1-3-9-19)25-24(18)22-15-17-7-4-5-10-21(17)28-22/h1-16H/b13-12-. The summed E-state index contributed by atoms with van der Waals surface area (Å²) in [5, 5.41) is 7.66. The predicted octanol–water partition coefficient (Wildman–Crippen LogP) is 6.24. The van der Waals surface area contributed by atoms with Crippen LogP contribution in [0.5, 0.6) is 0 Å². The first-order chi connectivity index (χ1) is 14.3. The lowest BCUT2D eigenvalue weighted by Gasteiger charge is -1.98. The molecule has 140 valence electrons. The van der Waals surface area contributed by atoms with E-state index in [9.17, 15) is 4.79 Å². The van der Waals surface area contributed by atoms with E-state index in [0.29, 0.717) is 16.3 Å². The molecule has 0 N–H and O–H groups in total. The zero-order valence-electron chi connectivity index (χ0n) is 15.4. The average molecular weight is 396 g/mol. The molecule has 0 saturated carbocycles. The molecule has 0 amide bonds. The number of carbonyl (C=O) groups is 1. The monoisotopic (exact) mass is 396 g/mol. The number of nitrogens with zero attached hydrogens (tertiary/aromatic N) is 2. The van der Waals surface area contributed by atoms with Crippen molar-refractivity contribution in [3.8, 4) is 17.1 Å². The van der Waals surface area contributed by atoms with Gasteiger partial charge in [0.15, 0.2) is 11.5 Å². The summed E-state index contributed by atoms with van der Waals surface area (Å²) in [6.07, 6.45) is 5.30. The number of carbonyl (C=O) groups excluding carboxylic acids is 1. The summed E-state index contributed by atoms with van der Waals surface area (Å²) in [5.74, 6) is 0.645. The lowest BCUT2D eigenvalue weighted by molar-refractivity contribution is 0.105. The molecule has 0 aliphatic rings. The van der Waals surface area contributed by atoms with E-state index in [1.807, 2.05) is 84.4 Å². The van der Waals surface area contributed by atoms with E-state index in [0.717, 1.165) is 22.2 Å². The molecule has 0 spiro atoms. The molecule has 4 nitrogen and oxygen atoms in total. The van der Waals surface area contributed by atoms with Gasteiger partial charge in [-0.3, -0.25) is 4.79 Å². The first-order valence-corrected chi connectivity index (χ1v) is 10.1. The fraction of sp³-hybridized carbons (Fsp3) is 0. The number of ketones is 1. The van der Waals surface area contributed by atoms with Crippen LogP contribution in [-0.4, -0.2) is 15.6 Å². The van der Waals surface area contributed by atoms with Gasteiger partial charge in [0.2, 0.25) is 0 Å². The van der Waals surface area contributed by atoms with Gasteiger partial charge >= 0.3 is 0 Å². The molecular formula is C24H16N2O2S. The van der Waals surface area contributed by atoms with Crippen molar-refractivity contribution < 1.29 is 9.21 Å². The summed E-state index contributed by atoms with van der Waals surface area (Å²) < 4.78 is 7.83. The Balaban J connectivity index is 1.60. The lowest BCUT2D eigenvalue weighted by atomic mass is 10.1. The van der Waals surface area contributed by atoms with E-state index in [1.54, 1.807) is 16.8 Å². The number of hydrogen-bond donors (Lipinski definition) is 0. The van der Waals surface area contributed by atoms with Gasteiger partial charge in [0.1, 0.15) is 11.3 Å². The molecule has 0 fully saturated rings. The van der Waals surface area contributed by atoms with E-state index < -0.39 is 0 Å². The van der Waals surface area contributed by atoms with Gasteiger partial charge in [0.05, 0.1) is 10.6 Å². The van der Waals surface area contributed by atoms with Crippen LogP contribution in [-0.2, 0) is 0 Å². The van der Waals surface area contributed by atoms with Crippen LogP contribution in [0.15, 0.2) is 94.9 Å².